The van der Waals surface area contributed by atoms with E-state index in [2.05, 4.69) is 150 Å². The van der Waals surface area contributed by atoms with Crippen LogP contribution in [0.2, 0.25) is 36.3 Å². The van der Waals surface area contributed by atoms with Gasteiger partial charge in [-0.15, -0.1) is 0 Å². The highest BCUT2D eigenvalue weighted by Gasteiger charge is 2.40. The summed E-state index contributed by atoms with van der Waals surface area (Å²) >= 11 is 7.72. The van der Waals surface area contributed by atoms with Crippen LogP contribution in [0.15, 0.2) is 57.5 Å². The number of aryl methyl sites for hydroxylation is 1. The Morgan fingerprint density at radius 2 is 1.23 bits per heavy atom. The van der Waals surface area contributed by atoms with E-state index in [1.54, 1.807) is 0 Å². The van der Waals surface area contributed by atoms with E-state index in [0.29, 0.717) is 31.3 Å². The fourth-order valence-corrected chi connectivity index (χ4v) is 13.0. The lowest BCUT2D eigenvalue weighted by Crippen LogP contribution is -2.44. The molecule has 0 spiro atoms. The van der Waals surface area contributed by atoms with E-state index < -0.39 is 16.6 Å². The molecular weight excluding hydrogens is 932 g/mol. The second kappa shape index (κ2) is 22.5. The van der Waals surface area contributed by atoms with E-state index in [4.69, 9.17) is 13.6 Å². The largest absolute Gasteiger partial charge is 0.491 e. The second-order valence-electron chi connectivity index (χ2n) is 22.3. The lowest BCUT2D eigenvalue weighted by Gasteiger charge is -2.39. The lowest BCUT2D eigenvalue weighted by molar-refractivity contribution is 0.135. The van der Waals surface area contributed by atoms with Crippen molar-refractivity contribution in [1.29, 1.82) is 0 Å². The second-order valence-corrected chi connectivity index (χ2v) is 33.6. The molecule has 2 aliphatic carbocycles. The van der Waals surface area contributed by atoms with Crippen LogP contribution < -0.4 is 4.74 Å². The highest BCUT2D eigenvalue weighted by molar-refractivity contribution is 9.11. The molecule has 0 aromatic heterocycles. The summed E-state index contributed by atoms with van der Waals surface area (Å²) in [5.74, 6) is 4.17. The topological polar surface area (TPSA) is 27.7 Å². The Kier molecular flexibility index (Phi) is 18.7. The van der Waals surface area contributed by atoms with E-state index in [9.17, 15) is 0 Å². The summed E-state index contributed by atoms with van der Waals surface area (Å²) in [6.45, 7) is 29.5. The molecule has 2 saturated carbocycles. The average molecular weight is 1020 g/mol. The van der Waals surface area contributed by atoms with E-state index in [0.717, 1.165) is 62.0 Å². The van der Waals surface area contributed by atoms with Gasteiger partial charge in [0.25, 0.3) is 0 Å². The molecule has 8 heteroatoms. The maximum Gasteiger partial charge on any atom is 0.191 e. The maximum absolute atomic E-state index is 16.0. The Morgan fingerprint density at radius 3 is 1.74 bits per heavy atom. The molecule has 0 heterocycles. The summed E-state index contributed by atoms with van der Waals surface area (Å²) in [7, 11) is -3.82. The molecule has 0 aliphatic heterocycles. The zero-order valence-corrected chi connectivity index (χ0v) is 46.1. The Bertz CT molecular complexity index is 1830. The Hall–Kier alpha value is -1.30. The van der Waals surface area contributed by atoms with Gasteiger partial charge in [-0.2, -0.15) is 0 Å². The zero-order chi connectivity index (χ0) is 45.5. The first-order valence-corrected chi connectivity index (χ1v) is 31.9. The minimum atomic E-state index is -1.91. The van der Waals surface area contributed by atoms with Gasteiger partial charge in [-0.3, -0.25) is 0 Å². The van der Waals surface area contributed by atoms with Gasteiger partial charge in [-0.1, -0.05) is 124 Å². The number of ether oxygens (including phenoxy) is 1. The quantitative estimate of drug-likeness (QED) is 0.0885. The molecule has 2 aliphatic rings. The van der Waals surface area contributed by atoms with Crippen LogP contribution in [-0.4, -0.2) is 36.5 Å². The zero-order valence-electron chi connectivity index (χ0n) is 40.9. The first-order valence-electron chi connectivity index (χ1n) is 24.5. The van der Waals surface area contributed by atoms with Crippen LogP contribution in [0.3, 0.4) is 0 Å². The van der Waals surface area contributed by atoms with Gasteiger partial charge in [-0.05, 0) is 189 Å². The lowest BCUT2D eigenvalue weighted by atomic mass is 9.68. The van der Waals surface area contributed by atoms with Crippen molar-refractivity contribution in [2.75, 3.05) is 19.8 Å². The molecule has 3 aromatic carbocycles. The molecular formula is C54H83Br2FO3Si2. The monoisotopic (exact) mass is 1010 g/mol. The Labute approximate surface area is 397 Å². The first kappa shape index (κ1) is 51.7. The predicted octanol–water partition coefficient (Wildman–Crippen LogP) is 18.3. The highest BCUT2D eigenvalue weighted by atomic mass is 79.9. The van der Waals surface area contributed by atoms with Crippen LogP contribution in [-0.2, 0) is 15.3 Å². The Balaban J connectivity index is 1.20. The van der Waals surface area contributed by atoms with Crippen LogP contribution in [0.1, 0.15) is 156 Å². The summed E-state index contributed by atoms with van der Waals surface area (Å²) in [6.07, 6.45) is 18.0. The molecule has 62 heavy (non-hydrogen) atoms. The third-order valence-corrected chi connectivity index (χ3v) is 26.0. The molecule has 3 aromatic rings. The maximum atomic E-state index is 16.0. The minimum Gasteiger partial charge on any atom is -0.491 e. The molecule has 0 atom stereocenters. The molecule has 3 nitrogen and oxygen atoms in total. The van der Waals surface area contributed by atoms with Crippen molar-refractivity contribution in [2.45, 2.75) is 187 Å². The number of rotatable bonds is 19. The molecule has 2 fully saturated rings. The molecule has 0 bridgehead atoms. The van der Waals surface area contributed by atoms with Gasteiger partial charge in [0.1, 0.15) is 11.6 Å². The molecule has 346 valence electrons. The molecule has 0 unspecified atom stereocenters. The van der Waals surface area contributed by atoms with Crippen molar-refractivity contribution in [3.8, 4) is 28.0 Å². The van der Waals surface area contributed by atoms with Crippen LogP contribution in [0.4, 0.5) is 4.39 Å². The number of hydrogen-bond donors (Lipinski definition) is 0. The number of unbranched alkanes of at least 4 members (excludes halogenated alkanes) is 2. The van der Waals surface area contributed by atoms with E-state index in [-0.39, 0.29) is 21.8 Å². The molecule has 0 N–H and O–H groups in total. The van der Waals surface area contributed by atoms with Gasteiger partial charge in [0.2, 0.25) is 0 Å². The van der Waals surface area contributed by atoms with Crippen molar-refractivity contribution in [2.24, 2.45) is 23.7 Å². The minimum absolute atomic E-state index is 0.104. The predicted molar refractivity (Wildman–Crippen MR) is 276 cm³/mol. The van der Waals surface area contributed by atoms with E-state index in [1.165, 1.54) is 88.2 Å². The Morgan fingerprint density at radius 1 is 0.677 bits per heavy atom. The van der Waals surface area contributed by atoms with Crippen molar-refractivity contribution in [1.82, 2.24) is 0 Å². The standard InChI is InChI=1S/C54H83Br2FO3Si2/c1-13-15-16-17-38-18-20-41(21-19-38)42-22-24-43(25-23-42)44-26-29-48(51(57)35-44)45-27-28-47(40(14-2)32-45)46-33-49(55)52(50(56)34-46)58-31-30-39(36-59-61(9,10)53(3,4)5)37-60-62(11,12)54(6,7)8/h26-29,32-35,38-39,41-43H,13-25,30-31,36-37H2,1-12H3. The average Bonchev–Trinajstić information content (AvgIpc) is 3.21. The number of hydrogen-bond acceptors (Lipinski definition) is 3. The summed E-state index contributed by atoms with van der Waals surface area (Å²) in [5.41, 5.74) is 6.24. The van der Waals surface area contributed by atoms with Crippen molar-refractivity contribution < 1.29 is 18.0 Å². The van der Waals surface area contributed by atoms with Crippen molar-refractivity contribution >= 4 is 48.5 Å². The van der Waals surface area contributed by atoms with Crippen molar-refractivity contribution in [3.05, 3.63) is 74.4 Å². The molecule has 0 saturated heterocycles. The van der Waals surface area contributed by atoms with Crippen LogP contribution in [0, 0.1) is 29.5 Å². The van der Waals surface area contributed by atoms with Gasteiger partial charge in [0, 0.05) is 24.7 Å². The van der Waals surface area contributed by atoms with Gasteiger partial charge in [-0.25, -0.2) is 4.39 Å². The van der Waals surface area contributed by atoms with Gasteiger partial charge in [0.15, 0.2) is 16.6 Å². The summed E-state index contributed by atoms with van der Waals surface area (Å²) in [6, 6.07) is 16.8. The summed E-state index contributed by atoms with van der Waals surface area (Å²) in [5, 5.41) is 0.299. The molecule has 0 radical (unpaired) electrons. The number of benzene rings is 3. The van der Waals surface area contributed by atoms with Crippen molar-refractivity contribution in [3.63, 3.8) is 0 Å². The van der Waals surface area contributed by atoms with Gasteiger partial charge >= 0.3 is 0 Å². The third-order valence-electron chi connectivity index (χ3n) is 15.9. The fraction of sp³-hybridized carbons (Fsp3) is 0.667. The number of halogens is 3. The first-order chi connectivity index (χ1) is 29.1. The third kappa shape index (κ3) is 13.6. The van der Waals surface area contributed by atoms with Crippen LogP contribution in [0.5, 0.6) is 5.75 Å². The molecule has 5 rings (SSSR count). The summed E-state index contributed by atoms with van der Waals surface area (Å²) < 4.78 is 37.8. The summed E-state index contributed by atoms with van der Waals surface area (Å²) in [4.78, 5) is 0. The van der Waals surface area contributed by atoms with E-state index in [1.807, 2.05) is 12.1 Å². The van der Waals surface area contributed by atoms with E-state index >= 15 is 4.39 Å². The van der Waals surface area contributed by atoms with Gasteiger partial charge < -0.3 is 13.6 Å². The SMILES string of the molecule is CCCCCC1CCC(C2CCC(c3ccc(-c4ccc(-c5cc(Br)c(OCCC(CO[Si](C)(C)C(C)(C)C)CO[Si](C)(C)C(C)(C)C)c(Br)c5)c(CC)c4)c(F)c3)CC2)CC1. The fourth-order valence-electron chi connectivity index (χ4n) is 9.39. The normalized spacial score (nSPS) is 20.5. The van der Waals surface area contributed by atoms with Crippen LogP contribution >= 0.6 is 31.9 Å². The van der Waals surface area contributed by atoms with Crippen LogP contribution in [0.25, 0.3) is 22.3 Å². The smallest absolute Gasteiger partial charge is 0.191 e. The molecule has 0 amide bonds. The highest BCUT2D eigenvalue weighted by Crippen LogP contribution is 2.46. The van der Waals surface area contributed by atoms with Gasteiger partial charge in [0.05, 0.1) is 15.6 Å².